The molecule has 1 saturated heterocycles. The monoisotopic (exact) mass is 730 g/mol. The second kappa shape index (κ2) is 33.0. The van der Waals surface area contributed by atoms with Gasteiger partial charge in [-0.25, -0.2) is 0 Å². The largest absolute Gasteiger partial charge is 0.394 e. The predicted octanol–water partition coefficient (Wildman–Crippen LogP) is 7.21. The molecule has 0 bridgehead atoms. The van der Waals surface area contributed by atoms with Gasteiger partial charge >= 0.3 is 0 Å². The van der Waals surface area contributed by atoms with Crippen molar-refractivity contribution in [2.24, 2.45) is 0 Å². The van der Waals surface area contributed by atoms with Crippen LogP contribution in [0.2, 0.25) is 0 Å². The number of allylic oxidation sites excluding steroid dienone is 13. The smallest absolute Gasteiger partial charge is 0.220 e. The molecule has 0 aliphatic carbocycles. The summed E-state index contributed by atoms with van der Waals surface area (Å²) in [6.07, 6.45) is 37.8. The molecule has 0 radical (unpaired) electrons. The maximum atomic E-state index is 12.8. The van der Waals surface area contributed by atoms with Gasteiger partial charge in [-0.2, -0.15) is 0 Å². The Balaban J connectivity index is 2.38. The second-order valence-electron chi connectivity index (χ2n) is 13.3. The van der Waals surface area contributed by atoms with Crippen molar-refractivity contribution < 1.29 is 39.8 Å². The molecule has 0 aromatic rings. The second-order valence-corrected chi connectivity index (χ2v) is 13.3. The summed E-state index contributed by atoms with van der Waals surface area (Å²) in [5.74, 6) is -0.215. The van der Waals surface area contributed by atoms with Crippen molar-refractivity contribution >= 4 is 5.91 Å². The molecular weight excluding hydrogens is 658 g/mol. The Hall–Kier alpha value is -2.63. The van der Waals surface area contributed by atoms with Crippen molar-refractivity contribution in [1.82, 2.24) is 5.32 Å². The first-order chi connectivity index (χ1) is 25.3. The highest BCUT2D eigenvalue weighted by molar-refractivity contribution is 5.76. The molecule has 9 nitrogen and oxygen atoms in total. The van der Waals surface area contributed by atoms with Crippen molar-refractivity contribution in [2.75, 3.05) is 13.2 Å². The van der Waals surface area contributed by atoms with E-state index in [0.29, 0.717) is 6.42 Å². The third-order valence-corrected chi connectivity index (χ3v) is 8.70. The van der Waals surface area contributed by atoms with Crippen LogP contribution in [0.5, 0.6) is 0 Å². The first kappa shape index (κ1) is 47.4. The van der Waals surface area contributed by atoms with Gasteiger partial charge in [0.05, 0.1) is 25.4 Å². The van der Waals surface area contributed by atoms with E-state index in [1.807, 2.05) is 6.08 Å². The normalized spacial score (nSPS) is 22.8. The third kappa shape index (κ3) is 23.8. The van der Waals surface area contributed by atoms with Crippen molar-refractivity contribution in [2.45, 2.75) is 166 Å². The molecule has 9 heteroatoms. The van der Waals surface area contributed by atoms with E-state index < -0.39 is 49.5 Å². The molecule has 52 heavy (non-hydrogen) atoms. The van der Waals surface area contributed by atoms with Crippen molar-refractivity contribution in [3.63, 3.8) is 0 Å². The van der Waals surface area contributed by atoms with E-state index in [1.54, 1.807) is 6.08 Å². The molecule has 1 amide bonds. The Kier molecular flexibility index (Phi) is 30.1. The van der Waals surface area contributed by atoms with Gasteiger partial charge in [-0.15, -0.1) is 0 Å². The van der Waals surface area contributed by atoms with E-state index in [9.17, 15) is 30.3 Å². The molecule has 7 atom stereocenters. The lowest BCUT2D eigenvalue weighted by Crippen LogP contribution is -2.60. The van der Waals surface area contributed by atoms with Crippen LogP contribution >= 0.6 is 0 Å². The molecule has 296 valence electrons. The lowest BCUT2D eigenvalue weighted by molar-refractivity contribution is -0.302. The van der Waals surface area contributed by atoms with E-state index in [2.05, 4.69) is 92.1 Å². The minimum atomic E-state index is -1.58. The minimum Gasteiger partial charge on any atom is -0.394 e. The first-order valence-corrected chi connectivity index (χ1v) is 19.8. The van der Waals surface area contributed by atoms with E-state index in [4.69, 9.17) is 9.47 Å². The summed E-state index contributed by atoms with van der Waals surface area (Å²) in [7, 11) is 0. The van der Waals surface area contributed by atoms with E-state index in [1.165, 1.54) is 0 Å². The van der Waals surface area contributed by atoms with Gasteiger partial charge in [0, 0.05) is 6.42 Å². The van der Waals surface area contributed by atoms with Crippen molar-refractivity contribution in [3.8, 4) is 0 Å². The summed E-state index contributed by atoms with van der Waals surface area (Å²) in [4.78, 5) is 12.8. The Morgan fingerprint density at radius 2 is 1.21 bits per heavy atom. The molecule has 1 rings (SSSR count). The number of hydrogen-bond donors (Lipinski definition) is 6. The van der Waals surface area contributed by atoms with Gasteiger partial charge in [-0.05, 0) is 70.6 Å². The topological polar surface area (TPSA) is 149 Å². The maximum absolute atomic E-state index is 12.8. The Morgan fingerprint density at radius 3 is 1.85 bits per heavy atom. The SMILES string of the molecule is CC/C=C\C/C=C\C/C=C\C/C=C\C/C=C\CCCCCCCC(=O)NC(COC1OC(CO)C(O)C(O)C1O)C(O)/C=C/CC/C=C/CCCC. The average molecular weight is 730 g/mol. The van der Waals surface area contributed by atoms with Gasteiger partial charge in [0.1, 0.15) is 24.4 Å². The molecule has 1 fully saturated rings. The van der Waals surface area contributed by atoms with Crippen molar-refractivity contribution in [3.05, 3.63) is 85.1 Å². The van der Waals surface area contributed by atoms with Crippen LogP contribution in [0.4, 0.5) is 0 Å². The van der Waals surface area contributed by atoms with Crippen LogP contribution in [0.15, 0.2) is 85.1 Å². The predicted molar refractivity (Wildman–Crippen MR) is 211 cm³/mol. The molecule has 7 unspecified atom stereocenters. The zero-order chi connectivity index (χ0) is 38.1. The van der Waals surface area contributed by atoms with Crippen LogP contribution in [-0.4, -0.2) is 87.5 Å². The summed E-state index contributed by atoms with van der Waals surface area (Å²) >= 11 is 0. The fourth-order valence-corrected chi connectivity index (χ4v) is 5.47. The van der Waals surface area contributed by atoms with Crippen LogP contribution in [0.25, 0.3) is 0 Å². The van der Waals surface area contributed by atoms with Crippen LogP contribution in [0.1, 0.15) is 123 Å². The fourth-order valence-electron chi connectivity index (χ4n) is 5.47. The lowest BCUT2D eigenvalue weighted by atomic mass is 9.99. The van der Waals surface area contributed by atoms with Crippen LogP contribution in [0, 0.1) is 0 Å². The molecule has 0 saturated carbocycles. The fraction of sp³-hybridized carbons (Fsp3) is 0.651. The minimum absolute atomic E-state index is 0.215. The standard InChI is InChI=1S/C43H71NO8/c1-3-5-7-9-11-13-14-15-16-17-18-19-20-21-22-23-24-25-27-29-31-33-39(47)44-36(37(46)32-30-28-26-12-10-8-6-4-2)35-51-43-42(50)41(49)40(48)38(34-45)52-43/h5,7,10-13,15-16,18-19,21-22,30,32,36-38,40-43,45-46,48-50H,3-4,6,8-9,14,17,20,23-29,31,33-35H2,1-2H3,(H,44,47)/b7-5-,12-10+,13-11-,16-15-,19-18-,22-21-,32-30+. The molecule has 0 spiro atoms. The van der Waals surface area contributed by atoms with E-state index >= 15 is 0 Å². The third-order valence-electron chi connectivity index (χ3n) is 8.70. The molecule has 1 aliphatic rings. The highest BCUT2D eigenvalue weighted by Gasteiger charge is 2.44. The molecule has 1 heterocycles. The molecule has 0 aromatic carbocycles. The van der Waals surface area contributed by atoms with E-state index in [0.717, 1.165) is 103 Å². The van der Waals surface area contributed by atoms with Gasteiger partial charge in [0.15, 0.2) is 6.29 Å². The highest BCUT2D eigenvalue weighted by Crippen LogP contribution is 2.22. The summed E-state index contributed by atoms with van der Waals surface area (Å²) in [5.41, 5.74) is 0. The first-order valence-electron chi connectivity index (χ1n) is 19.8. The zero-order valence-corrected chi connectivity index (χ0v) is 32.0. The summed E-state index contributed by atoms with van der Waals surface area (Å²) < 4.78 is 11.1. The van der Waals surface area contributed by atoms with Gasteiger partial charge in [-0.1, -0.05) is 131 Å². The summed E-state index contributed by atoms with van der Waals surface area (Å²) in [6.45, 7) is 3.51. The average Bonchev–Trinajstić information content (AvgIpc) is 3.14. The van der Waals surface area contributed by atoms with Crippen LogP contribution < -0.4 is 5.32 Å². The number of amides is 1. The van der Waals surface area contributed by atoms with Crippen LogP contribution in [-0.2, 0) is 14.3 Å². The molecule has 6 N–H and O–H groups in total. The van der Waals surface area contributed by atoms with Crippen LogP contribution in [0.3, 0.4) is 0 Å². The van der Waals surface area contributed by atoms with Crippen molar-refractivity contribution in [1.29, 1.82) is 0 Å². The number of carbonyl (C=O) groups is 1. The zero-order valence-electron chi connectivity index (χ0n) is 32.0. The van der Waals surface area contributed by atoms with Gasteiger partial charge in [0.2, 0.25) is 5.91 Å². The number of nitrogens with one attached hydrogen (secondary N) is 1. The Labute approximate surface area is 314 Å². The maximum Gasteiger partial charge on any atom is 0.220 e. The molecule has 1 aliphatic heterocycles. The molecule has 0 aromatic heterocycles. The Morgan fingerprint density at radius 1 is 0.673 bits per heavy atom. The number of aliphatic hydroxyl groups is 5. The number of unbranched alkanes of at least 4 members (excludes halogenated alkanes) is 8. The molecular formula is C43H71NO8. The summed E-state index contributed by atoms with van der Waals surface area (Å²) in [6, 6.07) is -0.834. The van der Waals surface area contributed by atoms with E-state index in [-0.39, 0.29) is 12.5 Å². The number of ether oxygens (including phenoxy) is 2. The van der Waals surface area contributed by atoms with Gasteiger partial charge < -0.3 is 40.3 Å². The highest BCUT2D eigenvalue weighted by atomic mass is 16.7. The van der Waals surface area contributed by atoms with Gasteiger partial charge in [0.25, 0.3) is 0 Å². The van der Waals surface area contributed by atoms with Gasteiger partial charge in [-0.3, -0.25) is 4.79 Å². The summed E-state index contributed by atoms with van der Waals surface area (Å²) in [5, 5.41) is 53.7. The number of rotatable bonds is 30. The quantitative estimate of drug-likeness (QED) is 0.0336. The number of aliphatic hydroxyl groups excluding tert-OH is 5. The Bertz CT molecular complexity index is 1080. The number of carbonyl (C=O) groups excluding carboxylic acids is 1. The lowest BCUT2D eigenvalue weighted by Gasteiger charge is -2.40. The number of hydrogen-bond acceptors (Lipinski definition) is 8.